The van der Waals surface area contributed by atoms with E-state index in [2.05, 4.69) is 10.2 Å². The molecule has 0 spiro atoms. The topological polar surface area (TPSA) is 78.5 Å². The first kappa shape index (κ1) is 22.4. The van der Waals surface area contributed by atoms with E-state index in [4.69, 9.17) is 23.7 Å². The Morgan fingerprint density at radius 2 is 1.12 bits per heavy atom. The quantitative estimate of drug-likeness (QED) is 0.260. The van der Waals surface area contributed by atoms with Crippen LogP contribution in [0.1, 0.15) is 6.42 Å². The molecule has 1 rings (SSSR count). The molecule has 0 aromatic rings. The third-order valence-corrected chi connectivity index (χ3v) is 3.63. The molecule has 0 aromatic carbocycles. The summed E-state index contributed by atoms with van der Waals surface area (Å²) >= 11 is 0. The van der Waals surface area contributed by atoms with Crippen molar-refractivity contribution in [3.8, 4) is 0 Å². The molecule has 0 bridgehead atoms. The lowest BCUT2D eigenvalue weighted by molar-refractivity contribution is -0.108. The van der Waals surface area contributed by atoms with Gasteiger partial charge in [0.1, 0.15) is 6.29 Å². The molecule has 8 nitrogen and oxygen atoms in total. The third kappa shape index (κ3) is 15.4. The van der Waals surface area contributed by atoms with E-state index in [1.54, 1.807) is 0 Å². The number of nitrogens with zero attached hydrogens (tertiary/aromatic N) is 1. The van der Waals surface area contributed by atoms with Crippen molar-refractivity contribution in [3.63, 3.8) is 0 Å². The third-order valence-electron chi connectivity index (χ3n) is 3.63. The van der Waals surface area contributed by atoms with Crippen molar-refractivity contribution < 1.29 is 28.5 Å². The summed E-state index contributed by atoms with van der Waals surface area (Å²) < 4.78 is 26.9. The number of hydrogen-bond acceptors (Lipinski definition) is 8. The van der Waals surface area contributed by atoms with Gasteiger partial charge in [-0.15, -0.1) is 0 Å². The summed E-state index contributed by atoms with van der Waals surface area (Å²) in [7, 11) is 0. The standard InChI is InChI=1S/C17H34N2O6/c20-7-1-8-21-10-12-23-14-16-25-17-15-24-13-11-22-9-6-19-4-2-18-3-5-19/h7,18H,1-6,8-17H2. The van der Waals surface area contributed by atoms with Crippen LogP contribution in [0.5, 0.6) is 0 Å². The average molecular weight is 362 g/mol. The highest BCUT2D eigenvalue weighted by atomic mass is 16.6. The highest BCUT2D eigenvalue weighted by Gasteiger charge is 2.08. The zero-order valence-corrected chi connectivity index (χ0v) is 15.3. The van der Waals surface area contributed by atoms with Crippen molar-refractivity contribution in [2.45, 2.75) is 6.42 Å². The molecule has 0 unspecified atom stereocenters. The van der Waals surface area contributed by atoms with Gasteiger partial charge in [0.2, 0.25) is 0 Å². The van der Waals surface area contributed by atoms with Gasteiger partial charge in [-0.1, -0.05) is 0 Å². The van der Waals surface area contributed by atoms with Crippen LogP contribution < -0.4 is 5.32 Å². The summed E-state index contributed by atoms with van der Waals surface area (Å²) in [5, 5.41) is 3.33. The Morgan fingerprint density at radius 1 is 0.680 bits per heavy atom. The van der Waals surface area contributed by atoms with Crippen molar-refractivity contribution in [1.29, 1.82) is 0 Å². The molecule has 0 atom stereocenters. The van der Waals surface area contributed by atoms with Gasteiger partial charge in [-0.3, -0.25) is 4.90 Å². The van der Waals surface area contributed by atoms with E-state index < -0.39 is 0 Å². The highest BCUT2D eigenvalue weighted by Crippen LogP contribution is 1.91. The number of rotatable bonds is 18. The van der Waals surface area contributed by atoms with Crippen molar-refractivity contribution in [2.24, 2.45) is 0 Å². The van der Waals surface area contributed by atoms with Gasteiger partial charge in [-0.2, -0.15) is 0 Å². The molecule has 8 heteroatoms. The minimum Gasteiger partial charge on any atom is -0.379 e. The van der Waals surface area contributed by atoms with Crippen LogP contribution in [0.4, 0.5) is 0 Å². The van der Waals surface area contributed by atoms with Gasteiger partial charge >= 0.3 is 0 Å². The number of carbonyl (C=O) groups excluding carboxylic acids is 1. The molecule has 148 valence electrons. The van der Waals surface area contributed by atoms with Gasteiger partial charge in [0.25, 0.3) is 0 Å². The van der Waals surface area contributed by atoms with Gasteiger partial charge in [-0.25, -0.2) is 0 Å². The molecule has 1 N–H and O–H groups in total. The van der Waals surface area contributed by atoms with E-state index in [1.807, 2.05) is 0 Å². The van der Waals surface area contributed by atoms with Gasteiger partial charge < -0.3 is 33.8 Å². The minimum atomic E-state index is 0.435. The Bertz CT molecular complexity index is 290. The van der Waals surface area contributed by atoms with Gasteiger partial charge in [0.15, 0.2) is 0 Å². The molecule has 0 saturated carbocycles. The van der Waals surface area contributed by atoms with Gasteiger partial charge in [0, 0.05) is 39.1 Å². The molecule has 0 amide bonds. The second-order valence-corrected chi connectivity index (χ2v) is 5.61. The molecule has 1 fully saturated rings. The highest BCUT2D eigenvalue weighted by molar-refractivity contribution is 5.49. The summed E-state index contributed by atoms with van der Waals surface area (Å²) in [6.07, 6.45) is 1.28. The predicted octanol–water partition coefficient (Wildman–Crippen LogP) is -0.436. The zero-order valence-electron chi connectivity index (χ0n) is 15.3. The number of aldehydes is 1. The monoisotopic (exact) mass is 362 g/mol. The van der Waals surface area contributed by atoms with Crippen LogP contribution in [0, 0.1) is 0 Å². The van der Waals surface area contributed by atoms with E-state index in [1.165, 1.54) is 0 Å². The van der Waals surface area contributed by atoms with Crippen LogP contribution in [0.3, 0.4) is 0 Å². The van der Waals surface area contributed by atoms with Crippen LogP contribution in [0.15, 0.2) is 0 Å². The molecule has 1 saturated heterocycles. The smallest absolute Gasteiger partial charge is 0.122 e. The fourth-order valence-electron chi connectivity index (χ4n) is 2.24. The van der Waals surface area contributed by atoms with Crippen LogP contribution in [-0.4, -0.2) is 110 Å². The maximum atomic E-state index is 10.1. The Kier molecular flexibility index (Phi) is 16.3. The maximum absolute atomic E-state index is 10.1. The molecular weight excluding hydrogens is 328 g/mol. The fourth-order valence-corrected chi connectivity index (χ4v) is 2.24. The number of nitrogens with one attached hydrogen (secondary N) is 1. The maximum Gasteiger partial charge on any atom is 0.122 e. The van der Waals surface area contributed by atoms with E-state index >= 15 is 0 Å². The minimum absolute atomic E-state index is 0.435. The second kappa shape index (κ2) is 18.2. The van der Waals surface area contributed by atoms with E-state index in [0.717, 1.165) is 45.6 Å². The number of piperazine rings is 1. The number of ether oxygens (including phenoxy) is 5. The van der Waals surface area contributed by atoms with Crippen LogP contribution >= 0.6 is 0 Å². The Morgan fingerprint density at radius 3 is 1.60 bits per heavy atom. The largest absolute Gasteiger partial charge is 0.379 e. The van der Waals surface area contributed by atoms with E-state index in [0.29, 0.717) is 65.9 Å². The van der Waals surface area contributed by atoms with Crippen molar-refractivity contribution in [3.05, 3.63) is 0 Å². The molecule has 0 aromatic heterocycles. The summed E-state index contributed by atoms with van der Waals surface area (Å²) in [5.41, 5.74) is 0. The van der Waals surface area contributed by atoms with E-state index in [-0.39, 0.29) is 0 Å². The fraction of sp³-hybridized carbons (Fsp3) is 0.941. The van der Waals surface area contributed by atoms with Crippen LogP contribution in [0.2, 0.25) is 0 Å². The van der Waals surface area contributed by atoms with Gasteiger partial charge in [-0.05, 0) is 0 Å². The predicted molar refractivity (Wildman–Crippen MR) is 94.1 cm³/mol. The molecule has 1 aliphatic heterocycles. The second-order valence-electron chi connectivity index (χ2n) is 5.61. The lowest BCUT2D eigenvalue weighted by Gasteiger charge is -2.26. The lowest BCUT2D eigenvalue weighted by atomic mass is 10.4. The molecule has 1 aliphatic rings. The lowest BCUT2D eigenvalue weighted by Crippen LogP contribution is -2.44. The van der Waals surface area contributed by atoms with Crippen LogP contribution in [-0.2, 0) is 28.5 Å². The normalized spacial score (nSPS) is 15.5. The van der Waals surface area contributed by atoms with Crippen molar-refractivity contribution in [1.82, 2.24) is 10.2 Å². The average Bonchev–Trinajstić information content (AvgIpc) is 2.65. The van der Waals surface area contributed by atoms with Crippen LogP contribution in [0.25, 0.3) is 0 Å². The first-order chi connectivity index (χ1) is 12.4. The molecule has 1 heterocycles. The number of carbonyl (C=O) groups is 1. The van der Waals surface area contributed by atoms with Crippen molar-refractivity contribution >= 4 is 6.29 Å². The summed E-state index contributed by atoms with van der Waals surface area (Å²) in [4.78, 5) is 12.5. The first-order valence-electron chi connectivity index (χ1n) is 9.19. The Hall–Kier alpha value is -0.610. The summed E-state index contributed by atoms with van der Waals surface area (Å²) in [6, 6.07) is 0. The summed E-state index contributed by atoms with van der Waals surface area (Å²) in [5.74, 6) is 0. The molecule has 0 aliphatic carbocycles. The Labute approximate surface area is 151 Å². The van der Waals surface area contributed by atoms with Crippen molar-refractivity contribution in [2.75, 3.05) is 98.8 Å². The zero-order chi connectivity index (χ0) is 17.8. The molecule has 0 radical (unpaired) electrons. The summed E-state index contributed by atoms with van der Waals surface area (Å²) in [6.45, 7) is 11.0. The Balaban J connectivity index is 1.66. The number of hydrogen-bond donors (Lipinski definition) is 1. The molecular formula is C17H34N2O6. The first-order valence-corrected chi connectivity index (χ1v) is 9.19. The van der Waals surface area contributed by atoms with E-state index in [9.17, 15) is 4.79 Å². The SMILES string of the molecule is O=CCCOCCOCCOCCOCCOCCN1CCNCC1. The molecule has 25 heavy (non-hydrogen) atoms. The van der Waals surface area contributed by atoms with Gasteiger partial charge in [0.05, 0.1) is 66.1 Å².